The summed E-state index contributed by atoms with van der Waals surface area (Å²) < 4.78 is 0. The molecule has 0 saturated heterocycles. The van der Waals surface area contributed by atoms with Gasteiger partial charge < -0.3 is 16.4 Å². The van der Waals surface area contributed by atoms with E-state index >= 15 is 0 Å². The molecule has 0 atom stereocenters. The fraction of sp³-hybridized carbons (Fsp3) is 0.353. The summed E-state index contributed by atoms with van der Waals surface area (Å²) in [5.74, 6) is 0. The Morgan fingerprint density at radius 2 is 1.76 bits per heavy atom. The van der Waals surface area contributed by atoms with Crippen molar-refractivity contribution in [3.8, 4) is 0 Å². The summed E-state index contributed by atoms with van der Waals surface area (Å²) in [5, 5.41) is 7.89. The molecular formula is C17H23N3O. The van der Waals surface area contributed by atoms with E-state index in [0.717, 1.165) is 29.3 Å². The van der Waals surface area contributed by atoms with Crippen LogP contribution in [0.25, 0.3) is 10.8 Å². The average molecular weight is 285 g/mol. The molecule has 112 valence electrons. The number of hydrogen-bond donors (Lipinski definition) is 3. The molecule has 0 spiro atoms. The summed E-state index contributed by atoms with van der Waals surface area (Å²) in [5.41, 5.74) is 6.66. The van der Waals surface area contributed by atoms with Crippen LogP contribution in [0.2, 0.25) is 0 Å². The highest BCUT2D eigenvalue weighted by Gasteiger charge is 2.20. The summed E-state index contributed by atoms with van der Waals surface area (Å²) in [6.45, 7) is 4.54. The Labute approximate surface area is 125 Å². The lowest BCUT2D eigenvalue weighted by Gasteiger charge is -2.26. The van der Waals surface area contributed by atoms with Crippen LogP contribution in [0.5, 0.6) is 0 Å². The topological polar surface area (TPSA) is 67.1 Å². The van der Waals surface area contributed by atoms with Crippen molar-refractivity contribution >= 4 is 22.5 Å². The van der Waals surface area contributed by atoms with Gasteiger partial charge in [0.2, 0.25) is 0 Å². The van der Waals surface area contributed by atoms with Crippen LogP contribution in [0, 0.1) is 0 Å². The van der Waals surface area contributed by atoms with E-state index in [0.29, 0.717) is 6.54 Å². The van der Waals surface area contributed by atoms with E-state index in [9.17, 15) is 4.79 Å². The van der Waals surface area contributed by atoms with Crippen molar-refractivity contribution in [1.29, 1.82) is 0 Å². The van der Waals surface area contributed by atoms with Crippen molar-refractivity contribution < 1.29 is 4.79 Å². The molecule has 0 heterocycles. The predicted molar refractivity (Wildman–Crippen MR) is 88.5 cm³/mol. The number of carbonyl (C=O) groups is 1. The standard InChI is InChI=1S/C17H23N3O/c1-3-17(18,4-2)12-19-16(21)20-15-11-7-9-13-8-5-6-10-14(13)15/h5-11H,3-4,12,18H2,1-2H3,(H2,19,20,21). The number of fused-ring (bicyclic) bond motifs is 1. The van der Waals surface area contributed by atoms with Crippen molar-refractivity contribution in [1.82, 2.24) is 5.32 Å². The summed E-state index contributed by atoms with van der Waals surface area (Å²) in [7, 11) is 0. The molecule has 0 aliphatic carbocycles. The number of rotatable bonds is 5. The first-order valence-corrected chi connectivity index (χ1v) is 7.39. The molecule has 2 aromatic carbocycles. The van der Waals surface area contributed by atoms with Crippen LogP contribution < -0.4 is 16.4 Å². The van der Waals surface area contributed by atoms with Crippen molar-refractivity contribution in [2.75, 3.05) is 11.9 Å². The van der Waals surface area contributed by atoms with Gasteiger partial charge in [0.25, 0.3) is 0 Å². The number of amides is 2. The van der Waals surface area contributed by atoms with Gasteiger partial charge in [-0.25, -0.2) is 4.79 Å². The molecule has 2 aromatic rings. The Morgan fingerprint density at radius 3 is 2.48 bits per heavy atom. The van der Waals surface area contributed by atoms with Gasteiger partial charge in [0.05, 0.1) is 5.69 Å². The second-order valence-electron chi connectivity index (χ2n) is 5.40. The first kappa shape index (κ1) is 15.3. The maximum Gasteiger partial charge on any atom is 0.319 e. The lowest BCUT2D eigenvalue weighted by atomic mass is 9.94. The third kappa shape index (κ3) is 3.73. The molecule has 21 heavy (non-hydrogen) atoms. The quantitative estimate of drug-likeness (QED) is 0.787. The molecular weight excluding hydrogens is 262 g/mol. The van der Waals surface area contributed by atoms with E-state index in [1.54, 1.807) is 0 Å². The number of benzene rings is 2. The minimum Gasteiger partial charge on any atom is -0.336 e. The number of nitrogens with one attached hydrogen (secondary N) is 2. The highest BCUT2D eigenvalue weighted by molar-refractivity contribution is 6.01. The van der Waals surface area contributed by atoms with E-state index in [-0.39, 0.29) is 11.6 Å². The zero-order chi connectivity index (χ0) is 15.3. The van der Waals surface area contributed by atoms with Crippen LogP contribution in [0.15, 0.2) is 42.5 Å². The molecule has 4 heteroatoms. The molecule has 0 saturated carbocycles. The minimum atomic E-state index is -0.337. The maximum absolute atomic E-state index is 12.1. The highest BCUT2D eigenvalue weighted by atomic mass is 16.2. The molecule has 0 bridgehead atoms. The SMILES string of the molecule is CCC(N)(CC)CNC(=O)Nc1cccc2ccccc12. The smallest absolute Gasteiger partial charge is 0.319 e. The Balaban J connectivity index is 2.05. The van der Waals surface area contributed by atoms with E-state index in [4.69, 9.17) is 5.73 Å². The fourth-order valence-corrected chi connectivity index (χ4v) is 2.26. The summed E-state index contributed by atoms with van der Waals surface area (Å²) in [4.78, 5) is 12.1. The second-order valence-corrected chi connectivity index (χ2v) is 5.40. The third-order valence-corrected chi connectivity index (χ3v) is 4.05. The molecule has 0 unspecified atom stereocenters. The highest BCUT2D eigenvalue weighted by Crippen LogP contribution is 2.22. The molecule has 2 rings (SSSR count). The maximum atomic E-state index is 12.1. The van der Waals surface area contributed by atoms with Gasteiger partial charge in [-0.3, -0.25) is 0 Å². The van der Waals surface area contributed by atoms with Crippen LogP contribution >= 0.6 is 0 Å². The normalized spacial score (nSPS) is 11.4. The van der Waals surface area contributed by atoms with Crippen molar-refractivity contribution in [3.63, 3.8) is 0 Å². The third-order valence-electron chi connectivity index (χ3n) is 4.05. The van der Waals surface area contributed by atoms with E-state index in [2.05, 4.69) is 10.6 Å². The zero-order valence-electron chi connectivity index (χ0n) is 12.6. The van der Waals surface area contributed by atoms with E-state index in [1.165, 1.54) is 0 Å². The lowest BCUT2D eigenvalue weighted by Crippen LogP contribution is -2.50. The number of hydrogen-bond acceptors (Lipinski definition) is 2. The summed E-state index contributed by atoms with van der Waals surface area (Å²) in [6.07, 6.45) is 1.66. The van der Waals surface area contributed by atoms with Crippen molar-refractivity contribution in [2.24, 2.45) is 5.73 Å². The number of urea groups is 1. The largest absolute Gasteiger partial charge is 0.336 e. The molecule has 4 nitrogen and oxygen atoms in total. The molecule has 0 radical (unpaired) electrons. The van der Waals surface area contributed by atoms with Crippen LogP contribution in [0.1, 0.15) is 26.7 Å². The van der Waals surface area contributed by atoms with Gasteiger partial charge in [0.15, 0.2) is 0 Å². The van der Waals surface area contributed by atoms with Crippen molar-refractivity contribution in [2.45, 2.75) is 32.2 Å². The Bertz CT molecular complexity index is 615. The Morgan fingerprint density at radius 1 is 1.10 bits per heavy atom. The number of anilines is 1. The van der Waals surface area contributed by atoms with Gasteiger partial charge in [-0.1, -0.05) is 50.2 Å². The first-order valence-electron chi connectivity index (χ1n) is 7.39. The van der Waals surface area contributed by atoms with Gasteiger partial charge in [0, 0.05) is 17.5 Å². The van der Waals surface area contributed by atoms with Crippen molar-refractivity contribution in [3.05, 3.63) is 42.5 Å². The van der Waals surface area contributed by atoms with Crippen LogP contribution in [-0.4, -0.2) is 18.1 Å². The van der Waals surface area contributed by atoms with E-state index in [1.807, 2.05) is 56.3 Å². The van der Waals surface area contributed by atoms with Gasteiger partial charge in [-0.15, -0.1) is 0 Å². The molecule has 4 N–H and O–H groups in total. The zero-order valence-corrected chi connectivity index (χ0v) is 12.6. The summed E-state index contributed by atoms with van der Waals surface area (Å²) in [6, 6.07) is 13.6. The van der Waals surface area contributed by atoms with Crippen LogP contribution in [-0.2, 0) is 0 Å². The number of carbonyl (C=O) groups excluding carboxylic acids is 1. The average Bonchev–Trinajstić information content (AvgIpc) is 2.53. The predicted octanol–water partition coefficient (Wildman–Crippen LogP) is 3.48. The van der Waals surface area contributed by atoms with Gasteiger partial charge in [-0.05, 0) is 24.3 Å². The minimum absolute atomic E-state index is 0.219. The fourth-order valence-electron chi connectivity index (χ4n) is 2.26. The molecule has 0 aliphatic rings. The number of nitrogens with two attached hydrogens (primary N) is 1. The Kier molecular flexibility index (Phi) is 4.81. The molecule has 0 aromatic heterocycles. The van der Waals surface area contributed by atoms with Gasteiger partial charge in [0.1, 0.15) is 0 Å². The first-order chi connectivity index (χ1) is 10.1. The molecule has 0 fully saturated rings. The monoisotopic (exact) mass is 285 g/mol. The lowest BCUT2D eigenvalue weighted by molar-refractivity contribution is 0.247. The van der Waals surface area contributed by atoms with Gasteiger partial charge in [-0.2, -0.15) is 0 Å². The summed E-state index contributed by atoms with van der Waals surface area (Å²) >= 11 is 0. The molecule has 2 amide bonds. The second kappa shape index (κ2) is 6.59. The van der Waals surface area contributed by atoms with E-state index < -0.39 is 0 Å². The van der Waals surface area contributed by atoms with Gasteiger partial charge >= 0.3 is 6.03 Å². The molecule has 0 aliphatic heterocycles. The van der Waals surface area contributed by atoms with Crippen LogP contribution in [0.3, 0.4) is 0 Å². The Hall–Kier alpha value is -2.07. The van der Waals surface area contributed by atoms with Crippen LogP contribution in [0.4, 0.5) is 10.5 Å².